The smallest absolute Gasteiger partial charge is 0.475 e. The fourth-order valence-corrected chi connectivity index (χ4v) is 5.88. The number of pyridine rings is 1. The largest absolute Gasteiger partial charge is 0.490 e. The zero-order chi connectivity index (χ0) is 25.0. The van der Waals surface area contributed by atoms with Crippen molar-refractivity contribution in [2.45, 2.75) is 31.5 Å². The Morgan fingerprint density at radius 3 is 2.60 bits per heavy atom. The number of aliphatic carboxylic acids is 1. The van der Waals surface area contributed by atoms with Gasteiger partial charge in [-0.05, 0) is 48.9 Å². The van der Waals surface area contributed by atoms with Crippen LogP contribution in [0.3, 0.4) is 0 Å². The molecule has 1 amide bonds. The third kappa shape index (κ3) is 3.85. The molecule has 1 saturated carbocycles. The molecule has 0 radical (unpaired) electrons. The number of halogens is 3. The summed E-state index contributed by atoms with van der Waals surface area (Å²) in [6.07, 6.45) is 0.924. The number of carboxylic acids is 1. The second kappa shape index (κ2) is 8.54. The molecule has 188 valence electrons. The quantitative estimate of drug-likeness (QED) is 0.709. The lowest BCUT2D eigenvalue weighted by molar-refractivity contribution is -0.192. The maximum atomic E-state index is 13.2. The van der Waals surface area contributed by atoms with Gasteiger partial charge >= 0.3 is 12.1 Å². The fraction of sp³-hybridized carbons (Fsp3) is 0.542. The van der Waals surface area contributed by atoms with E-state index < -0.39 is 12.1 Å². The Bertz CT molecular complexity index is 1130. The number of amides is 1. The fourth-order valence-electron chi connectivity index (χ4n) is 5.88. The number of aromatic nitrogens is 2. The molecule has 2 aromatic rings. The van der Waals surface area contributed by atoms with Crippen LogP contribution in [0.4, 0.5) is 18.9 Å². The number of hydrogen-bond donors (Lipinski definition) is 1. The molecular weight excluding hydrogens is 465 g/mol. The highest BCUT2D eigenvalue weighted by molar-refractivity contribution is 5.83. The summed E-state index contributed by atoms with van der Waals surface area (Å²) in [6, 6.07) is 8.52. The molecule has 8 nitrogen and oxygen atoms in total. The van der Waals surface area contributed by atoms with Gasteiger partial charge in [0.15, 0.2) is 5.82 Å². The van der Waals surface area contributed by atoms with E-state index in [9.17, 15) is 18.0 Å². The van der Waals surface area contributed by atoms with Crippen molar-refractivity contribution in [1.82, 2.24) is 14.5 Å². The molecule has 4 atom stereocenters. The molecule has 35 heavy (non-hydrogen) atoms. The second-order valence-corrected chi connectivity index (χ2v) is 9.50. The Balaban J connectivity index is 0.000000320. The molecule has 4 aliphatic rings. The number of carbonyl (C=O) groups is 2. The number of likely N-dealkylation sites (tertiary alicyclic amines) is 1. The first kappa shape index (κ1) is 23.7. The second-order valence-electron chi connectivity index (χ2n) is 9.50. The van der Waals surface area contributed by atoms with Crippen molar-refractivity contribution in [1.29, 1.82) is 0 Å². The van der Waals surface area contributed by atoms with E-state index in [2.05, 4.69) is 50.7 Å². The molecule has 3 aliphatic heterocycles. The number of fused-ring (bicyclic) bond motifs is 5. The van der Waals surface area contributed by atoms with Crippen molar-refractivity contribution in [3.8, 4) is 5.82 Å². The lowest BCUT2D eigenvalue weighted by Crippen LogP contribution is -2.53. The molecule has 2 unspecified atom stereocenters. The molecule has 5 heterocycles. The number of anilines is 1. The minimum Gasteiger partial charge on any atom is -0.475 e. The van der Waals surface area contributed by atoms with Crippen LogP contribution in [0.2, 0.25) is 0 Å². The number of alkyl halides is 3. The van der Waals surface area contributed by atoms with Crippen molar-refractivity contribution in [3.63, 3.8) is 0 Å². The van der Waals surface area contributed by atoms with E-state index in [1.54, 1.807) is 0 Å². The summed E-state index contributed by atoms with van der Waals surface area (Å²) in [5.41, 5.74) is 2.28. The summed E-state index contributed by atoms with van der Waals surface area (Å²) >= 11 is 0. The third-order valence-electron chi connectivity index (χ3n) is 7.51. The molecular formula is C24H27F3N4O4. The lowest BCUT2D eigenvalue weighted by Gasteiger charge is -2.47. The van der Waals surface area contributed by atoms with Crippen LogP contribution in [-0.2, 0) is 19.9 Å². The van der Waals surface area contributed by atoms with Gasteiger partial charge in [0.2, 0.25) is 5.91 Å². The molecule has 1 N–H and O–H groups in total. The van der Waals surface area contributed by atoms with E-state index in [-0.39, 0.29) is 11.5 Å². The maximum Gasteiger partial charge on any atom is 0.490 e. The number of ether oxygens (including phenoxy) is 1. The number of carboxylic acid groups (broad SMARTS) is 1. The highest BCUT2D eigenvalue weighted by Gasteiger charge is 2.60. The van der Waals surface area contributed by atoms with Crippen LogP contribution in [0.25, 0.3) is 5.82 Å². The first-order valence-electron chi connectivity index (χ1n) is 11.8. The summed E-state index contributed by atoms with van der Waals surface area (Å²) in [6.45, 7) is 6.32. The Labute approximate surface area is 200 Å². The van der Waals surface area contributed by atoms with E-state index in [4.69, 9.17) is 14.6 Å². The predicted octanol–water partition coefficient (Wildman–Crippen LogP) is 3.06. The van der Waals surface area contributed by atoms with Gasteiger partial charge in [0, 0.05) is 37.9 Å². The van der Waals surface area contributed by atoms with Gasteiger partial charge in [-0.3, -0.25) is 4.79 Å². The monoisotopic (exact) mass is 492 g/mol. The van der Waals surface area contributed by atoms with Crippen LogP contribution < -0.4 is 4.90 Å². The summed E-state index contributed by atoms with van der Waals surface area (Å²) in [5, 5.41) is 7.12. The van der Waals surface area contributed by atoms with Crippen molar-refractivity contribution in [3.05, 3.63) is 42.4 Å². The van der Waals surface area contributed by atoms with Gasteiger partial charge in [0.1, 0.15) is 5.54 Å². The van der Waals surface area contributed by atoms with Crippen molar-refractivity contribution in [2.24, 2.45) is 17.8 Å². The first-order chi connectivity index (χ1) is 16.7. The van der Waals surface area contributed by atoms with Crippen LogP contribution in [0.15, 0.2) is 36.7 Å². The van der Waals surface area contributed by atoms with E-state index in [0.29, 0.717) is 17.7 Å². The van der Waals surface area contributed by atoms with Gasteiger partial charge in [-0.25, -0.2) is 9.78 Å². The normalized spacial score (nSPS) is 28.2. The standard InChI is InChI=1S/C22H26N4O2.C2HF3O2/c1-2-9-26-17-5-3-8-23-20(17)25-10-4-6-18(25)22(26)7-11-24(14-22)21(27)19-15-12-28-13-16(15)19;3-2(4,5)1(6)7/h3-6,8,10,15-16,19H,2,7,9,11-14H2,1H3;(H,6,7)/t15-,16+,19?,22?;. The summed E-state index contributed by atoms with van der Waals surface area (Å²) < 4.78 is 39.5. The lowest BCUT2D eigenvalue weighted by atomic mass is 9.88. The molecule has 1 spiro atoms. The topological polar surface area (TPSA) is 87.9 Å². The first-order valence-corrected chi connectivity index (χ1v) is 11.8. The summed E-state index contributed by atoms with van der Waals surface area (Å²) in [7, 11) is 0. The van der Waals surface area contributed by atoms with Gasteiger partial charge in [-0.2, -0.15) is 13.2 Å². The predicted molar refractivity (Wildman–Crippen MR) is 119 cm³/mol. The molecule has 11 heteroatoms. The average Bonchev–Trinajstić information content (AvgIpc) is 3.31. The molecule has 0 bridgehead atoms. The Morgan fingerprint density at radius 2 is 1.94 bits per heavy atom. The Hall–Kier alpha value is -3.08. The maximum absolute atomic E-state index is 13.2. The van der Waals surface area contributed by atoms with Crippen molar-refractivity contribution < 1.29 is 32.6 Å². The van der Waals surface area contributed by atoms with Crippen LogP contribution >= 0.6 is 0 Å². The number of rotatable bonds is 3. The summed E-state index contributed by atoms with van der Waals surface area (Å²) in [4.78, 5) is 31.5. The molecule has 0 aromatic carbocycles. The van der Waals surface area contributed by atoms with Crippen molar-refractivity contribution in [2.75, 3.05) is 37.7 Å². The average molecular weight is 492 g/mol. The Kier molecular flexibility index (Phi) is 5.77. The zero-order valence-electron chi connectivity index (χ0n) is 19.2. The molecule has 2 aromatic heterocycles. The SMILES string of the molecule is CCCN1c2cccnc2-n2cccc2C12CCN(C(=O)C1[C@H]3COC[C@@H]13)C2.O=C(O)C(F)(F)F. The molecule has 3 fully saturated rings. The van der Waals surface area contributed by atoms with Gasteiger partial charge in [0.25, 0.3) is 0 Å². The molecule has 2 saturated heterocycles. The summed E-state index contributed by atoms with van der Waals surface area (Å²) in [5.74, 6) is -0.269. The molecule has 1 aliphatic carbocycles. The van der Waals surface area contributed by atoms with Gasteiger partial charge in [-0.15, -0.1) is 0 Å². The number of nitrogens with zero attached hydrogens (tertiary/aromatic N) is 4. The highest BCUT2D eigenvalue weighted by atomic mass is 19.4. The minimum atomic E-state index is -5.08. The minimum absolute atomic E-state index is 0.161. The van der Waals surface area contributed by atoms with E-state index in [0.717, 1.165) is 51.5 Å². The van der Waals surface area contributed by atoms with Crippen molar-refractivity contribution >= 4 is 17.6 Å². The number of carbonyl (C=O) groups excluding carboxylic acids is 1. The van der Waals surface area contributed by atoms with Crippen LogP contribution in [0.1, 0.15) is 25.5 Å². The van der Waals surface area contributed by atoms with Crippen LogP contribution in [0.5, 0.6) is 0 Å². The van der Waals surface area contributed by atoms with Crippen LogP contribution in [-0.4, -0.2) is 70.5 Å². The molecule has 6 rings (SSSR count). The van der Waals surface area contributed by atoms with Crippen LogP contribution in [0, 0.1) is 17.8 Å². The highest BCUT2D eigenvalue weighted by Crippen LogP contribution is 2.53. The van der Waals surface area contributed by atoms with Gasteiger partial charge in [-0.1, -0.05) is 6.92 Å². The number of hydrogen-bond acceptors (Lipinski definition) is 5. The van der Waals surface area contributed by atoms with E-state index >= 15 is 0 Å². The Morgan fingerprint density at radius 1 is 1.23 bits per heavy atom. The van der Waals surface area contributed by atoms with E-state index in [1.807, 2.05) is 12.3 Å². The van der Waals surface area contributed by atoms with Gasteiger partial charge in [0.05, 0.1) is 24.6 Å². The zero-order valence-corrected chi connectivity index (χ0v) is 19.2. The van der Waals surface area contributed by atoms with E-state index in [1.165, 1.54) is 11.4 Å². The third-order valence-corrected chi connectivity index (χ3v) is 7.51. The van der Waals surface area contributed by atoms with Gasteiger partial charge < -0.3 is 24.2 Å².